The SMILES string of the molecule is C=CC[C@H](c1cccc(-c2ccccc2)c1)N1CCNCC1.Cl.Cl. The first kappa shape index (κ1) is 20.7. The molecule has 1 N–H and O–H groups in total. The summed E-state index contributed by atoms with van der Waals surface area (Å²) in [6.45, 7) is 8.32. The van der Waals surface area contributed by atoms with E-state index in [4.69, 9.17) is 0 Å². The van der Waals surface area contributed by atoms with E-state index in [9.17, 15) is 0 Å². The minimum Gasteiger partial charge on any atom is -0.314 e. The van der Waals surface area contributed by atoms with Gasteiger partial charge in [-0.2, -0.15) is 0 Å². The van der Waals surface area contributed by atoms with Crippen molar-refractivity contribution in [1.82, 2.24) is 10.2 Å². The van der Waals surface area contributed by atoms with Crippen LogP contribution in [0.2, 0.25) is 0 Å². The van der Waals surface area contributed by atoms with E-state index in [0.717, 1.165) is 32.6 Å². The van der Waals surface area contributed by atoms with Crippen LogP contribution in [0.1, 0.15) is 18.0 Å². The monoisotopic (exact) mass is 364 g/mol. The third-order valence-electron chi connectivity index (χ3n) is 4.36. The van der Waals surface area contributed by atoms with Crippen LogP contribution in [0.5, 0.6) is 0 Å². The lowest BCUT2D eigenvalue weighted by Gasteiger charge is -2.35. The second-order valence-corrected chi connectivity index (χ2v) is 5.82. The van der Waals surface area contributed by atoms with Crippen molar-refractivity contribution >= 4 is 24.8 Å². The number of nitrogens with zero attached hydrogens (tertiary/aromatic N) is 1. The molecule has 130 valence electrons. The van der Waals surface area contributed by atoms with Crippen molar-refractivity contribution in [1.29, 1.82) is 0 Å². The lowest BCUT2D eigenvalue weighted by molar-refractivity contribution is 0.174. The second kappa shape index (κ2) is 10.5. The second-order valence-electron chi connectivity index (χ2n) is 5.82. The van der Waals surface area contributed by atoms with Gasteiger partial charge < -0.3 is 5.32 Å². The number of rotatable bonds is 5. The standard InChI is InChI=1S/C20H24N2.2ClH/c1-2-7-20(22-14-12-21-13-15-22)19-11-6-10-18(16-19)17-8-4-3-5-9-17;;/h2-6,8-11,16,20-21H,1,7,12-15H2;2*1H/t20-;;/m1../s1. The molecule has 0 aromatic heterocycles. The van der Waals surface area contributed by atoms with Gasteiger partial charge in [0.05, 0.1) is 0 Å². The quantitative estimate of drug-likeness (QED) is 0.772. The lowest BCUT2D eigenvalue weighted by Crippen LogP contribution is -2.45. The fourth-order valence-corrected chi connectivity index (χ4v) is 3.20. The van der Waals surface area contributed by atoms with Crippen LogP contribution in [0.3, 0.4) is 0 Å². The Morgan fingerprint density at radius 2 is 1.62 bits per heavy atom. The van der Waals surface area contributed by atoms with E-state index in [0.29, 0.717) is 6.04 Å². The molecule has 2 nitrogen and oxygen atoms in total. The van der Waals surface area contributed by atoms with Gasteiger partial charge in [0.2, 0.25) is 0 Å². The van der Waals surface area contributed by atoms with Crippen molar-refractivity contribution in [3.8, 4) is 11.1 Å². The topological polar surface area (TPSA) is 15.3 Å². The van der Waals surface area contributed by atoms with Gasteiger partial charge >= 0.3 is 0 Å². The van der Waals surface area contributed by atoms with Crippen LogP contribution >= 0.6 is 24.8 Å². The third-order valence-corrected chi connectivity index (χ3v) is 4.36. The summed E-state index contributed by atoms with van der Waals surface area (Å²) in [6.07, 6.45) is 3.04. The summed E-state index contributed by atoms with van der Waals surface area (Å²) in [5.74, 6) is 0. The normalized spacial score (nSPS) is 15.7. The predicted molar refractivity (Wildman–Crippen MR) is 108 cm³/mol. The van der Waals surface area contributed by atoms with Gasteiger partial charge in [0.15, 0.2) is 0 Å². The fraction of sp³-hybridized carbons (Fsp3) is 0.300. The zero-order valence-corrected chi connectivity index (χ0v) is 15.5. The number of halogens is 2. The number of piperazine rings is 1. The highest BCUT2D eigenvalue weighted by Gasteiger charge is 2.21. The number of benzene rings is 2. The first-order valence-electron chi connectivity index (χ1n) is 8.09. The maximum absolute atomic E-state index is 3.96. The van der Waals surface area contributed by atoms with Crippen molar-refractivity contribution in [3.63, 3.8) is 0 Å². The van der Waals surface area contributed by atoms with Gasteiger partial charge in [0.25, 0.3) is 0 Å². The Balaban J connectivity index is 0.00000144. The molecule has 1 aliphatic heterocycles. The van der Waals surface area contributed by atoms with Crippen molar-refractivity contribution in [2.45, 2.75) is 12.5 Å². The summed E-state index contributed by atoms with van der Waals surface area (Å²) in [5.41, 5.74) is 3.97. The van der Waals surface area contributed by atoms with Crippen LogP contribution in [-0.4, -0.2) is 31.1 Å². The van der Waals surface area contributed by atoms with Crippen LogP contribution in [0.15, 0.2) is 67.3 Å². The molecule has 24 heavy (non-hydrogen) atoms. The largest absolute Gasteiger partial charge is 0.314 e. The van der Waals surface area contributed by atoms with Gasteiger partial charge in [-0.3, -0.25) is 4.90 Å². The summed E-state index contributed by atoms with van der Waals surface area (Å²) in [4.78, 5) is 2.57. The average molecular weight is 365 g/mol. The smallest absolute Gasteiger partial charge is 0.0383 e. The Hall–Kier alpha value is -1.32. The van der Waals surface area contributed by atoms with Gasteiger partial charge in [-0.25, -0.2) is 0 Å². The maximum Gasteiger partial charge on any atom is 0.0383 e. The third kappa shape index (κ3) is 5.09. The van der Waals surface area contributed by atoms with Crippen molar-refractivity contribution < 1.29 is 0 Å². The summed E-state index contributed by atoms with van der Waals surface area (Å²) in [7, 11) is 0. The van der Waals surface area contributed by atoms with E-state index in [-0.39, 0.29) is 24.8 Å². The molecule has 2 aromatic carbocycles. The van der Waals surface area contributed by atoms with E-state index in [1.54, 1.807) is 0 Å². The molecule has 1 heterocycles. The lowest BCUT2D eigenvalue weighted by atomic mass is 9.96. The van der Waals surface area contributed by atoms with Crippen LogP contribution in [0.25, 0.3) is 11.1 Å². The summed E-state index contributed by atoms with van der Waals surface area (Å²) < 4.78 is 0. The first-order chi connectivity index (χ1) is 10.9. The highest BCUT2D eigenvalue weighted by Crippen LogP contribution is 2.29. The Morgan fingerprint density at radius 3 is 2.29 bits per heavy atom. The molecule has 0 bridgehead atoms. The van der Waals surface area contributed by atoms with E-state index in [1.165, 1.54) is 16.7 Å². The molecule has 0 amide bonds. The molecule has 3 rings (SSSR count). The molecule has 2 aromatic rings. The summed E-state index contributed by atoms with van der Waals surface area (Å²) in [6, 6.07) is 20.0. The van der Waals surface area contributed by atoms with Crippen LogP contribution in [-0.2, 0) is 0 Å². The molecule has 1 fully saturated rings. The molecule has 1 aliphatic rings. The molecule has 0 saturated carbocycles. The molecule has 1 saturated heterocycles. The summed E-state index contributed by atoms with van der Waals surface area (Å²) >= 11 is 0. The van der Waals surface area contributed by atoms with E-state index >= 15 is 0 Å². The minimum atomic E-state index is 0. The molecule has 0 unspecified atom stereocenters. The zero-order chi connectivity index (χ0) is 15.2. The Labute approximate surface area is 157 Å². The number of hydrogen-bond acceptors (Lipinski definition) is 2. The Kier molecular flexibility index (Phi) is 9.09. The molecule has 1 atom stereocenters. The van der Waals surface area contributed by atoms with Gasteiger partial charge in [-0.05, 0) is 29.2 Å². The highest BCUT2D eigenvalue weighted by molar-refractivity contribution is 5.85. The van der Waals surface area contributed by atoms with E-state index in [2.05, 4.69) is 71.4 Å². The Morgan fingerprint density at radius 1 is 0.958 bits per heavy atom. The van der Waals surface area contributed by atoms with Crippen molar-refractivity contribution in [2.24, 2.45) is 0 Å². The Bertz CT molecular complexity index is 610. The molecular weight excluding hydrogens is 339 g/mol. The average Bonchev–Trinajstić information content (AvgIpc) is 2.61. The van der Waals surface area contributed by atoms with Crippen molar-refractivity contribution in [3.05, 3.63) is 72.8 Å². The molecule has 0 aliphatic carbocycles. The van der Waals surface area contributed by atoms with E-state index < -0.39 is 0 Å². The van der Waals surface area contributed by atoms with Crippen molar-refractivity contribution in [2.75, 3.05) is 26.2 Å². The molecule has 0 radical (unpaired) electrons. The van der Waals surface area contributed by atoms with Crippen LogP contribution in [0.4, 0.5) is 0 Å². The fourth-order valence-electron chi connectivity index (χ4n) is 3.20. The van der Waals surface area contributed by atoms with Crippen LogP contribution in [0, 0.1) is 0 Å². The molecular formula is C20H26Cl2N2. The van der Waals surface area contributed by atoms with Crippen LogP contribution < -0.4 is 5.32 Å². The summed E-state index contributed by atoms with van der Waals surface area (Å²) in [5, 5.41) is 3.43. The highest BCUT2D eigenvalue weighted by atomic mass is 35.5. The first-order valence-corrected chi connectivity index (χ1v) is 8.09. The molecule has 0 spiro atoms. The number of nitrogens with one attached hydrogen (secondary N) is 1. The molecule has 4 heteroatoms. The van der Waals surface area contributed by atoms with E-state index in [1.807, 2.05) is 6.08 Å². The van der Waals surface area contributed by atoms with Gasteiger partial charge in [0.1, 0.15) is 0 Å². The minimum absolute atomic E-state index is 0. The number of hydrogen-bond donors (Lipinski definition) is 1. The predicted octanol–water partition coefficient (Wildman–Crippen LogP) is 4.72. The van der Waals surface area contributed by atoms with Gasteiger partial charge in [-0.15, -0.1) is 31.4 Å². The van der Waals surface area contributed by atoms with Gasteiger partial charge in [0, 0.05) is 32.2 Å². The van der Waals surface area contributed by atoms with Gasteiger partial charge in [-0.1, -0.05) is 54.6 Å². The zero-order valence-electron chi connectivity index (χ0n) is 13.9. The maximum atomic E-state index is 3.96.